The molecule has 104 valence electrons. The Morgan fingerprint density at radius 1 is 1.28 bits per heavy atom. The third-order valence-corrected chi connectivity index (χ3v) is 4.66. The predicted octanol–water partition coefficient (Wildman–Crippen LogP) is 1.07. The van der Waals surface area contributed by atoms with E-state index in [2.05, 4.69) is 24.2 Å². The van der Waals surface area contributed by atoms with E-state index in [-0.39, 0.29) is 6.04 Å². The molecule has 1 heterocycles. The van der Waals surface area contributed by atoms with Crippen molar-refractivity contribution in [3.8, 4) is 0 Å². The summed E-state index contributed by atoms with van der Waals surface area (Å²) in [7, 11) is 4.05. The smallest absolute Gasteiger partial charge is 0.239 e. The molecule has 18 heavy (non-hydrogen) atoms. The SMILES string of the molecule is CCNC1CCC(N(C)C2CCN(C)C2=O)CC1. The average Bonchev–Trinajstić information content (AvgIpc) is 2.71. The minimum atomic E-state index is 0.135. The van der Waals surface area contributed by atoms with E-state index in [9.17, 15) is 4.79 Å². The van der Waals surface area contributed by atoms with Crippen LogP contribution in [-0.4, -0.2) is 61.0 Å². The van der Waals surface area contributed by atoms with Crippen LogP contribution in [0.25, 0.3) is 0 Å². The Labute approximate surface area is 111 Å². The van der Waals surface area contributed by atoms with Crippen molar-refractivity contribution in [3.63, 3.8) is 0 Å². The molecule has 1 aliphatic heterocycles. The molecular weight excluding hydrogens is 226 g/mol. The van der Waals surface area contributed by atoms with E-state index >= 15 is 0 Å². The van der Waals surface area contributed by atoms with Crippen molar-refractivity contribution in [2.45, 2.75) is 57.2 Å². The lowest BCUT2D eigenvalue weighted by molar-refractivity contribution is -0.131. The van der Waals surface area contributed by atoms with Gasteiger partial charge in [0, 0.05) is 25.7 Å². The van der Waals surface area contributed by atoms with Gasteiger partial charge in [0.05, 0.1) is 6.04 Å². The zero-order chi connectivity index (χ0) is 13.1. The van der Waals surface area contributed by atoms with Gasteiger partial charge in [0.15, 0.2) is 0 Å². The lowest BCUT2D eigenvalue weighted by atomic mass is 9.89. The maximum Gasteiger partial charge on any atom is 0.239 e. The summed E-state index contributed by atoms with van der Waals surface area (Å²) in [5, 5.41) is 3.54. The average molecular weight is 253 g/mol. The summed E-state index contributed by atoms with van der Waals surface area (Å²) < 4.78 is 0. The predicted molar refractivity (Wildman–Crippen MR) is 73.5 cm³/mol. The Bertz CT molecular complexity index is 287. The topological polar surface area (TPSA) is 35.6 Å². The second kappa shape index (κ2) is 6.02. The van der Waals surface area contributed by atoms with Gasteiger partial charge < -0.3 is 10.2 Å². The third-order valence-electron chi connectivity index (χ3n) is 4.66. The lowest BCUT2D eigenvalue weighted by Crippen LogP contribution is -2.47. The van der Waals surface area contributed by atoms with Crippen LogP contribution in [0.15, 0.2) is 0 Å². The van der Waals surface area contributed by atoms with Crippen LogP contribution in [0.3, 0.4) is 0 Å². The Balaban J connectivity index is 1.84. The zero-order valence-electron chi connectivity index (χ0n) is 12.0. The van der Waals surface area contributed by atoms with Crippen molar-refractivity contribution >= 4 is 5.91 Å². The number of likely N-dealkylation sites (N-methyl/N-ethyl adjacent to an activating group) is 2. The molecule has 4 nitrogen and oxygen atoms in total. The first-order valence-corrected chi connectivity index (χ1v) is 7.33. The van der Waals surface area contributed by atoms with Gasteiger partial charge in [-0.2, -0.15) is 0 Å². The van der Waals surface area contributed by atoms with Gasteiger partial charge in [0.2, 0.25) is 5.91 Å². The molecule has 1 saturated carbocycles. The number of carbonyl (C=O) groups excluding carboxylic acids is 1. The van der Waals surface area contributed by atoms with Gasteiger partial charge in [-0.25, -0.2) is 0 Å². The van der Waals surface area contributed by atoms with Crippen molar-refractivity contribution in [3.05, 3.63) is 0 Å². The van der Waals surface area contributed by atoms with Gasteiger partial charge in [0.25, 0.3) is 0 Å². The molecule has 0 aromatic carbocycles. The highest BCUT2D eigenvalue weighted by Gasteiger charge is 2.36. The number of likely N-dealkylation sites (tertiary alicyclic amines) is 1. The molecule has 0 aromatic rings. The summed E-state index contributed by atoms with van der Waals surface area (Å²) in [6.07, 6.45) is 5.95. The van der Waals surface area contributed by atoms with Gasteiger partial charge in [0.1, 0.15) is 0 Å². The molecule has 1 saturated heterocycles. The molecule has 0 spiro atoms. The Morgan fingerprint density at radius 3 is 2.44 bits per heavy atom. The fraction of sp³-hybridized carbons (Fsp3) is 0.929. The highest BCUT2D eigenvalue weighted by atomic mass is 16.2. The van der Waals surface area contributed by atoms with Gasteiger partial charge in [-0.1, -0.05) is 6.92 Å². The van der Waals surface area contributed by atoms with Crippen LogP contribution in [0.5, 0.6) is 0 Å². The van der Waals surface area contributed by atoms with Gasteiger partial charge in [-0.15, -0.1) is 0 Å². The van der Waals surface area contributed by atoms with Crippen LogP contribution in [-0.2, 0) is 4.79 Å². The number of nitrogens with zero attached hydrogens (tertiary/aromatic N) is 2. The molecule has 1 aliphatic carbocycles. The van der Waals surface area contributed by atoms with Crippen LogP contribution in [0, 0.1) is 0 Å². The molecule has 2 rings (SSSR count). The summed E-state index contributed by atoms with van der Waals surface area (Å²) in [6, 6.07) is 1.43. The number of amides is 1. The van der Waals surface area contributed by atoms with Crippen LogP contribution in [0.1, 0.15) is 39.0 Å². The Kier molecular flexibility index (Phi) is 4.62. The molecule has 1 N–H and O–H groups in total. The summed E-state index contributed by atoms with van der Waals surface area (Å²) >= 11 is 0. The molecular formula is C14H27N3O. The standard InChI is InChI=1S/C14H27N3O/c1-4-15-11-5-7-12(8-6-11)17(3)13-9-10-16(2)14(13)18/h11-13,15H,4-10H2,1-3H3. The van der Waals surface area contributed by atoms with Crippen LogP contribution >= 0.6 is 0 Å². The second-order valence-corrected chi connectivity index (χ2v) is 5.79. The lowest BCUT2D eigenvalue weighted by Gasteiger charge is -2.37. The van der Waals surface area contributed by atoms with E-state index in [1.165, 1.54) is 25.7 Å². The molecule has 1 amide bonds. The first kappa shape index (κ1) is 13.8. The second-order valence-electron chi connectivity index (χ2n) is 5.79. The molecule has 4 heteroatoms. The quantitative estimate of drug-likeness (QED) is 0.814. The van der Waals surface area contributed by atoms with Crippen molar-refractivity contribution in [2.75, 3.05) is 27.2 Å². The van der Waals surface area contributed by atoms with E-state index in [1.54, 1.807) is 0 Å². The van der Waals surface area contributed by atoms with Crippen molar-refractivity contribution in [2.24, 2.45) is 0 Å². The number of hydrogen-bond acceptors (Lipinski definition) is 3. The van der Waals surface area contributed by atoms with Crippen molar-refractivity contribution in [1.29, 1.82) is 0 Å². The zero-order valence-corrected chi connectivity index (χ0v) is 12.0. The monoisotopic (exact) mass is 253 g/mol. The normalized spacial score (nSPS) is 33.4. The molecule has 1 atom stereocenters. The van der Waals surface area contributed by atoms with Crippen LogP contribution < -0.4 is 5.32 Å². The number of hydrogen-bond donors (Lipinski definition) is 1. The van der Waals surface area contributed by atoms with E-state index in [0.29, 0.717) is 18.0 Å². The van der Waals surface area contributed by atoms with Crippen LogP contribution in [0.4, 0.5) is 0 Å². The van der Waals surface area contributed by atoms with E-state index < -0.39 is 0 Å². The summed E-state index contributed by atoms with van der Waals surface area (Å²) in [5.41, 5.74) is 0. The highest BCUT2D eigenvalue weighted by molar-refractivity contribution is 5.83. The fourth-order valence-electron chi connectivity index (χ4n) is 3.41. The number of carbonyl (C=O) groups is 1. The third kappa shape index (κ3) is 2.86. The maximum absolute atomic E-state index is 12.0. The van der Waals surface area contributed by atoms with E-state index in [4.69, 9.17) is 0 Å². The van der Waals surface area contributed by atoms with Crippen molar-refractivity contribution < 1.29 is 4.79 Å². The van der Waals surface area contributed by atoms with Gasteiger partial charge in [-0.05, 0) is 45.7 Å². The highest BCUT2D eigenvalue weighted by Crippen LogP contribution is 2.26. The fourth-order valence-corrected chi connectivity index (χ4v) is 3.41. The van der Waals surface area contributed by atoms with E-state index in [0.717, 1.165) is 19.5 Å². The molecule has 2 aliphatic rings. The summed E-state index contributed by atoms with van der Waals surface area (Å²) in [6.45, 7) is 4.16. The Morgan fingerprint density at radius 2 is 1.94 bits per heavy atom. The first-order chi connectivity index (χ1) is 8.63. The minimum absolute atomic E-state index is 0.135. The molecule has 0 aromatic heterocycles. The van der Waals surface area contributed by atoms with E-state index in [1.807, 2.05) is 11.9 Å². The largest absolute Gasteiger partial charge is 0.344 e. The molecule has 2 fully saturated rings. The molecule has 0 radical (unpaired) electrons. The van der Waals surface area contributed by atoms with Crippen LogP contribution in [0.2, 0.25) is 0 Å². The van der Waals surface area contributed by atoms with Crippen molar-refractivity contribution in [1.82, 2.24) is 15.1 Å². The van der Waals surface area contributed by atoms with Gasteiger partial charge >= 0.3 is 0 Å². The summed E-state index contributed by atoms with van der Waals surface area (Å²) in [5.74, 6) is 0.311. The number of rotatable bonds is 4. The minimum Gasteiger partial charge on any atom is -0.344 e. The maximum atomic E-state index is 12.0. The molecule has 0 bridgehead atoms. The Hall–Kier alpha value is -0.610. The first-order valence-electron chi connectivity index (χ1n) is 7.33. The summed E-state index contributed by atoms with van der Waals surface area (Å²) in [4.78, 5) is 16.2. The molecule has 1 unspecified atom stereocenters. The van der Waals surface area contributed by atoms with Gasteiger partial charge in [-0.3, -0.25) is 9.69 Å². The number of nitrogens with one attached hydrogen (secondary N) is 1.